The maximum atomic E-state index is 13.4. The SMILES string of the molecule is Cc1nc(CNC(=O)C2(S(=O)(=O)c3ccccc3)CCOCC2)nc2ccccc12. The Hall–Kier alpha value is -2.84. The lowest BCUT2D eigenvalue weighted by Gasteiger charge is -2.35. The molecule has 0 spiro atoms. The van der Waals surface area contributed by atoms with Crippen molar-refractivity contribution >= 4 is 26.6 Å². The first-order valence-corrected chi connectivity index (χ1v) is 11.3. The molecule has 8 heteroatoms. The van der Waals surface area contributed by atoms with Crippen LogP contribution in [-0.4, -0.2) is 42.3 Å². The Morgan fingerprint density at radius 3 is 2.43 bits per heavy atom. The Morgan fingerprint density at radius 2 is 1.70 bits per heavy atom. The summed E-state index contributed by atoms with van der Waals surface area (Å²) in [5.41, 5.74) is 1.59. The van der Waals surface area contributed by atoms with Crippen LogP contribution in [0.2, 0.25) is 0 Å². The van der Waals surface area contributed by atoms with E-state index in [1.165, 1.54) is 12.1 Å². The average molecular weight is 426 g/mol. The van der Waals surface area contributed by atoms with Gasteiger partial charge in [0, 0.05) is 24.3 Å². The minimum atomic E-state index is -3.90. The average Bonchev–Trinajstić information content (AvgIpc) is 2.78. The molecule has 1 fully saturated rings. The maximum Gasteiger partial charge on any atom is 0.242 e. The smallest absolute Gasteiger partial charge is 0.242 e. The lowest BCUT2D eigenvalue weighted by Crippen LogP contribution is -2.55. The van der Waals surface area contributed by atoms with Gasteiger partial charge in [0.2, 0.25) is 5.91 Å². The molecule has 1 saturated heterocycles. The number of amides is 1. The summed E-state index contributed by atoms with van der Waals surface area (Å²) in [6.07, 6.45) is 0.210. The molecule has 0 bridgehead atoms. The van der Waals surface area contributed by atoms with Crippen molar-refractivity contribution in [3.8, 4) is 0 Å². The lowest BCUT2D eigenvalue weighted by atomic mass is 9.98. The zero-order valence-corrected chi connectivity index (χ0v) is 17.5. The van der Waals surface area contributed by atoms with E-state index >= 15 is 0 Å². The van der Waals surface area contributed by atoms with E-state index in [1.54, 1.807) is 18.2 Å². The van der Waals surface area contributed by atoms with E-state index in [2.05, 4.69) is 15.3 Å². The van der Waals surface area contributed by atoms with Crippen molar-refractivity contribution in [1.29, 1.82) is 0 Å². The van der Waals surface area contributed by atoms with Gasteiger partial charge in [0.25, 0.3) is 0 Å². The molecule has 0 atom stereocenters. The molecule has 0 saturated carbocycles. The van der Waals surface area contributed by atoms with Crippen LogP contribution in [0.4, 0.5) is 0 Å². The minimum Gasteiger partial charge on any atom is -0.381 e. The van der Waals surface area contributed by atoms with Gasteiger partial charge in [-0.25, -0.2) is 18.4 Å². The van der Waals surface area contributed by atoms with E-state index in [9.17, 15) is 13.2 Å². The largest absolute Gasteiger partial charge is 0.381 e. The zero-order valence-electron chi connectivity index (χ0n) is 16.7. The summed E-state index contributed by atoms with van der Waals surface area (Å²) in [5, 5.41) is 3.72. The zero-order chi connectivity index (χ0) is 21.2. The second-order valence-corrected chi connectivity index (χ2v) is 9.61. The van der Waals surface area contributed by atoms with Crippen LogP contribution in [-0.2, 0) is 25.9 Å². The summed E-state index contributed by atoms with van der Waals surface area (Å²) >= 11 is 0. The van der Waals surface area contributed by atoms with Crippen LogP contribution < -0.4 is 5.32 Å². The van der Waals surface area contributed by atoms with Crippen LogP contribution in [0.3, 0.4) is 0 Å². The summed E-state index contributed by atoms with van der Waals surface area (Å²) < 4.78 is 30.7. The number of nitrogens with zero attached hydrogens (tertiary/aromatic N) is 2. The fourth-order valence-corrected chi connectivity index (χ4v) is 5.83. The van der Waals surface area contributed by atoms with Gasteiger partial charge in [-0.1, -0.05) is 36.4 Å². The van der Waals surface area contributed by atoms with E-state index in [0.29, 0.717) is 5.82 Å². The molecule has 1 aliphatic heterocycles. The van der Waals surface area contributed by atoms with Crippen molar-refractivity contribution in [2.24, 2.45) is 0 Å². The molecule has 2 heterocycles. The van der Waals surface area contributed by atoms with Gasteiger partial charge in [-0.3, -0.25) is 4.79 Å². The third-order valence-electron chi connectivity index (χ3n) is 5.53. The molecular formula is C22H23N3O4S. The standard InChI is InChI=1S/C22H23N3O4S/c1-16-18-9-5-6-10-19(18)25-20(24-16)15-23-21(26)22(11-13-29-14-12-22)30(27,28)17-7-3-2-4-8-17/h2-10H,11-15H2,1H3,(H,23,26). The summed E-state index contributed by atoms with van der Waals surface area (Å²) in [6, 6.07) is 15.7. The van der Waals surface area contributed by atoms with Gasteiger partial charge in [-0.15, -0.1) is 0 Å². The molecule has 3 aromatic rings. The molecule has 2 aromatic carbocycles. The third-order valence-corrected chi connectivity index (χ3v) is 8.04. The van der Waals surface area contributed by atoms with Gasteiger partial charge in [0.15, 0.2) is 14.6 Å². The van der Waals surface area contributed by atoms with Gasteiger partial charge in [-0.2, -0.15) is 0 Å². The molecule has 4 rings (SSSR count). The quantitative estimate of drug-likeness (QED) is 0.675. The number of rotatable bonds is 5. The Bertz CT molecular complexity index is 1170. The monoisotopic (exact) mass is 425 g/mol. The number of sulfone groups is 1. The number of carbonyl (C=O) groups excluding carboxylic acids is 1. The van der Waals surface area contributed by atoms with Crippen LogP contribution in [0.1, 0.15) is 24.4 Å². The molecule has 1 aliphatic rings. The van der Waals surface area contributed by atoms with Crippen molar-refractivity contribution in [3.05, 3.63) is 66.1 Å². The first-order chi connectivity index (χ1) is 14.4. The second kappa shape index (κ2) is 8.12. The number of hydrogen-bond donors (Lipinski definition) is 1. The molecule has 7 nitrogen and oxygen atoms in total. The summed E-state index contributed by atoms with van der Waals surface area (Å²) in [4.78, 5) is 22.4. The Morgan fingerprint density at radius 1 is 1.03 bits per heavy atom. The number of carbonyl (C=O) groups is 1. The highest BCUT2D eigenvalue weighted by Crippen LogP contribution is 2.35. The molecule has 1 amide bonds. The number of benzene rings is 2. The van der Waals surface area contributed by atoms with Crippen molar-refractivity contribution < 1.29 is 17.9 Å². The van der Waals surface area contributed by atoms with Crippen molar-refractivity contribution in [1.82, 2.24) is 15.3 Å². The molecule has 30 heavy (non-hydrogen) atoms. The predicted molar refractivity (Wildman–Crippen MR) is 113 cm³/mol. The van der Waals surface area contributed by atoms with Gasteiger partial charge < -0.3 is 10.1 Å². The lowest BCUT2D eigenvalue weighted by molar-refractivity contribution is -0.126. The first kappa shape index (κ1) is 20.4. The second-order valence-electron chi connectivity index (χ2n) is 7.35. The number of nitrogens with one attached hydrogen (secondary N) is 1. The highest BCUT2D eigenvalue weighted by atomic mass is 32.2. The Labute approximate surface area is 175 Å². The number of para-hydroxylation sites is 1. The van der Waals surface area contributed by atoms with Gasteiger partial charge in [0.05, 0.1) is 17.0 Å². The summed E-state index contributed by atoms with van der Waals surface area (Å²) in [5.74, 6) is -0.0945. The number of aromatic nitrogens is 2. The predicted octanol–water partition coefficient (Wildman–Crippen LogP) is 2.58. The van der Waals surface area contributed by atoms with E-state index in [1.807, 2.05) is 31.2 Å². The van der Waals surface area contributed by atoms with Crippen LogP contribution in [0.25, 0.3) is 10.9 Å². The molecule has 156 valence electrons. The normalized spacial score (nSPS) is 16.3. The highest BCUT2D eigenvalue weighted by molar-refractivity contribution is 7.93. The van der Waals surface area contributed by atoms with Gasteiger partial charge >= 0.3 is 0 Å². The van der Waals surface area contributed by atoms with Crippen molar-refractivity contribution in [2.75, 3.05) is 13.2 Å². The number of ether oxygens (including phenoxy) is 1. The van der Waals surface area contributed by atoms with Crippen LogP contribution in [0, 0.1) is 6.92 Å². The van der Waals surface area contributed by atoms with Crippen LogP contribution in [0.15, 0.2) is 59.5 Å². The number of fused-ring (bicyclic) bond motifs is 1. The molecular weight excluding hydrogens is 402 g/mol. The van der Waals surface area contributed by atoms with E-state index in [4.69, 9.17) is 4.74 Å². The van der Waals surface area contributed by atoms with Crippen molar-refractivity contribution in [2.45, 2.75) is 36.0 Å². The highest BCUT2D eigenvalue weighted by Gasteiger charge is 2.52. The third kappa shape index (κ3) is 3.57. The molecule has 0 radical (unpaired) electrons. The fraction of sp³-hybridized carbons (Fsp3) is 0.318. The van der Waals surface area contributed by atoms with Gasteiger partial charge in [-0.05, 0) is 38.0 Å². The number of hydrogen-bond acceptors (Lipinski definition) is 6. The molecule has 1 N–H and O–H groups in total. The van der Waals surface area contributed by atoms with E-state index in [-0.39, 0.29) is 37.5 Å². The summed E-state index contributed by atoms with van der Waals surface area (Å²) in [7, 11) is -3.90. The Balaban J connectivity index is 1.62. The van der Waals surface area contributed by atoms with E-state index < -0.39 is 20.5 Å². The van der Waals surface area contributed by atoms with Crippen molar-refractivity contribution in [3.63, 3.8) is 0 Å². The molecule has 0 unspecified atom stereocenters. The topological polar surface area (TPSA) is 98.2 Å². The van der Waals surface area contributed by atoms with Crippen LogP contribution >= 0.6 is 0 Å². The molecule has 0 aliphatic carbocycles. The minimum absolute atomic E-state index is 0.0530. The Kier molecular flexibility index (Phi) is 5.53. The first-order valence-electron chi connectivity index (χ1n) is 9.82. The summed E-state index contributed by atoms with van der Waals surface area (Å²) in [6.45, 7) is 2.36. The van der Waals surface area contributed by atoms with Crippen LogP contribution in [0.5, 0.6) is 0 Å². The number of aryl methyl sites for hydroxylation is 1. The maximum absolute atomic E-state index is 13.4. The van der Waals surface area contributed by atoms with E-state index in [0.717, 1.165) is 16.6 Å². The van der Waals surface area contributed by atoms with Gasteiger partial charge in [0.1, 0.15) is 5.82 Å². The fourth-order valence-electron chi connectivity index (χ4n) is 3.84. The molecule has 1 aromatic heterocycles.